The third kappa shape index (κ3) is 3.86. The van der Waals surface area contributed by atoms with Crippen molar-refractivity contribution in [3.63, 3.8) is 0 Å². The van der Waals surface area contributed by atoms with Crippen molar-refractivity contribution in [2.75, 3.05) is 33.9 Å². The van der Waals surface area contributed by atoms with E-state index in [-0.39, 0.29) is 17.8 Å². The van der Waals surface area contributed by atoms with E-state index in [1.807, 2.05) is 7.05 Å². The molecule has 1 saturated carbocycles. The average Bonchev–Trinajstić information content (AvgIpc) is 2.94. The highest BCUT2D eigenvalue weighted by atomic mass is 35.5. The lowest BCUT2D eigenvalue weighted by atomic mass is 9.81. The molecule has 1 N–H and O–H groups in total. The minimum Gasteiger partial charge on any atom is -0.385 e. The first-order chi connectivity index (χ1) is 9.22. The zero-order chi connectivity index (χ0) is 13.7. The Kier molecular flexibility index (Phi) is 7.27. The molecule has 1 saturated heterocycles. The van der Waals surface area contributed by atoms with Crippen molar-refractivity contribution in [2.45, 2.75) is 51.0 Å². The molecule has 118 valence electrons. The fraction of sp³-hybridized carbons (Fsp3) is 0.933. The molecule has 2 fully saturated rings. The van der Waals surface area contributed by atoms with E-state index in [2.05, 4.69) is 10.2 Å². The minimum absolute atomic E-state index is 0. The zero-order valence-electron chi connectivity index (χ0n) is 12.8. The van der Waals surface area contributed by atoms with Crippen LogP contribution in [-0.4, -0.2) is 50.7 Å². The van der Waals surface area contributed by atoms with Crippen LogP contribution in [0.2, 0.25) is 0 Å². The topological polar surface area (TPSA) is 41.6 Å². The molecule has 1 atom stereocenters. The molecule has 1 unspecified atom stereocenters. The average molecular weight is 305 g/mol. The highest BCUT2D eigenvalue weighted by Gasteiger charge is 2.43. The van der Waals surface area contributed by atoms with Crippen LogP contribution in [0.1, 0.15) is 44.9 Å². The van der Waals surface area contributed by atoms with Gasteiger partial charge in [-0.3, -0.25) is 4.79 Å². The van der Waals surface area contributed by atoms with E-state index in [1.165, 1.54) is 19.3 Å². The molecule has 0 aromatic rings. The molecular weight excluding hydrogens is 276 g/mol. The first-order valence-electron chi connectivity index (χ1n) is 7.67. The number of carbonyl (C=O) groups excluding carboxylic acids is 1. The maximum absolute atomic E-state index is 12.9. The van der Waals surface area contributed by atoms with Crippen molar-refractivity contribution in [3.8, 4) is 0 Å². The molecule has 0 aromatic heterocycles. The number of ether oxygens (including phenoxy) is 1. The summed E-state index contributed by atoms with van der Waals surface area (Å²) in [7, 11) is 3.72. The highest BCUT2D eigenvalue weighted by molar-refractivity contribution is 5.85. The highest BCUT2D eigenvalue weighted by Crippen LogP contribution is 2.43. The molecule has 0 aromatic carbocycles. The summed E-state index contributed by atoms with van der Waals surface area (Å²) in [5.41, 5.74) is -0.119. The maximum Gasteiger partial charge on any atom is 0.228 e. The summed E-state index contributed by atoms with van der Waals surface area (Å²) < 4.78 is 5.23. The van der Waals surface area contributed by atoms with Crippen LogP contribution in [-0.2, 0) is 9.53 Å². The van der Waals surface area contributed by atoms with Gasteiger partial charge in [-0.2, -0.15) is 0 Å². The number of likely N-dealkylation sites (tertiary alicyclic amines) is 1. The van der Waals surface area contributed by atoms with Crippen molar-refractivity contribution in [2.24, 2.45) is 5.41 Å². The number of rotatable bonds is 5. The monoisotopic (exact) mass is 304 g/mol. The molecule has 5 heteroatoms. The number of nitrogens with zero attached hydrogens (tertiary/aromatic N) is 1. The van der Waals surface area contributed by atoms with Crippen LogP contribution in [0.25, 0.3) is 0 Å². The fourth-order valence-corrected chi connectivity index (χ4v) is 3.65. The molecule has 0 bridgehead atoms. The lowest BCUT2D eigenvalue weighted by Gasteiger charge is -2.39. The van der Waals surface area contributed by atoms with E-state index >= 15 is 0 Å². The van der Waals surface area contributed by atoms with Crippen molar-refractivity contribution in [1.82, 2.24) is 10.2 Å². The summed E-state index contributed by atoms with van der Waals surface area (Å²) >= 11 is 0. The Bertz CT molecular complexity index is 306. The number of likely N-dealkylation sites (N-methyl/N-ethyl adjacent to an activating group) is 1. The smallest absolute Gasteiger partial charge is 0.228 e. The first kappa shape index (κ1) is 17.7. The predicted molar refractivity (Wildman–Crippen MR) is 83.3 cm³/mol. The molecule has 2 rings (SSSR count). The van der Waals surface area contributed by atoms with Gasteiger partial charge in [0, 0.05) is 32.8 Å². The molecule has 1 aliphatic carbocycles. The molecule has 4 nitrogen and oxygen atoms in total. The van der Waals surface area contributed by atoms with Gasteiger partial charge in [0.1, 0.15) is 0 Å². The van der Waals surface area contributed by atoms with Crippen LogP contribution in [0.5, 0.6) is 0 Å². The Balaban J connectivity index is 0.00000200. The minimum atomic E-state index is -0.119. The van der Waals surface area contributed by atoms with Gasteiger partial charge in [-0.05, 0) is 39.2 Å². The normalized spacial score (nSPS) is 25.3. The van der Waals surface area contributed by atoms with Gasteiger partial charge in [-0.15, -0.1) is 12.4 Å². The lowest BCUT2D eigenvalue weighted by molar-refractivity contribution is -0.144. The van der Waals surface area contributed by atoms with Gasteiger partial charge < -0.3 is 15.0 Å². The Morgan fingerprint density at radius 3 is 2.65 bits per heavy atom. The summed E-state index contributed by atoms with van der Waals surface area (Å²) in [5, 5.41) is 3.32. The summed E-state index contributed by atoms with van der Waals surface area (Å²) in [6.45, 7) is 2.52. The standard InChI is InChI=1S/C15H28N2O2.ClH/c1-16-13-6-5-10-17(12-13)14(18)15(9-11-19-2)7-3-4-8-15;/h13,16H,3-12H2,1-2H3;1H. The van der Waals surface area contributed by atoms with Gasteiger partial charge in [0.2, 0.25) is 5.91 Å². The van der Waals surface area contributed by atoms with Crippen molar-refractivity contribution in [3.05, 3.63) is 0 Å². The van der Waals surface area contributed by atoms with Crippen LogP contribution in [0, 0.1) is 5.41 Å². The van der Waals surface area contributed by atoms with E-state index < -0.39 is 0 Å². The number of amides is 1. The van der Waals surface area contributed by atoms with E-state index in [0.717, 1.165) is 38.8 Å². The van der Waals surface area contributed by atoms with Gasteiger partial charge in [-0.1, -0.05) is 12.8 Å². The zero-order valence-corrected chi connectivity index (χ0v) is 13.6. The first-order valence-corrected chi connectivity index (χ1v) is 7.67. The molecule has 2 aliphatic rings. The second kappa shape index (κ2) is 8.20. The van der Waals surface area contributed by atoms with Crippen molar-refractivity contribution in [1.29, 1.82) is 0 Å². The van der Waals surface area contributed by atoms with Gasteiger partial charge >= 0.3 is 0 Å². The fourth-order valence-electron chi connectivity index (χ4n) is 3.65. The van der Waals surface area contributed by atoms with Gasteiger partial charge in [0.05, 0.1) is 5.41 Å². The van der Waals surface area contributed by atoms with E-state index in [0.29, 0.717) is 18.6 Å². The number of piperidine rings is 1. The Morgan fingerprint density at radius 2 is 2.05 bits per heavy atom. The van der Waals surface area contributed by atoms with Gasteiger partial charge in [0.15, 0.2) is 0 Å². The number of halogens is 1. The quantitative estimate of drug-likeness (QED) is 0.847. The summed E-state index contributed by atoms with van der Waals surface area (Å²) in [5.74, 6) is 0.391. The molecule has 0 radical (unpaired) electrons. The molecule has 1 heterocycles. The van der Waals surface area contributed by atoms with Gasteiger partial charge in [-0.25, -0.2) is 0 Å². The Labute approximate surface area is 129 Å². The second-order valence-corrected chi connectivity index (χ2v) is 6.11. The van der Waals surface area contributed by atoms with Crippen molar-refractivity contribution >= 4 is 18.3 Å². The van der Waals surface area contributed by atoms with Crippen LogP contribution in [0.3, 0.4) is 0 Å². The summed E-state index contributed by atoms with van der Waals surface area (Å²) in [4.78, 5) is 15.0. The van der Waals surface area contributed by atoms with E-state index in [4.69, 9.17) is 4.74 Å². The summed E-state index contributed by atoms with van der Waals surface area (Å²) in [6.07, 6.45) is 7.69. The van der Waals surface area contributed by atoms with Crippen LogP contribution < -0.4 is 5.32 Å². The Morgan fingerprint density at radius 1 is 1.35 bits per heavy atom. The van der Waals surface area contributed by atoms with Crippen LogP contribution in [0.15, 0.2) is 0 Å². The van der Waals surface area contributed by atoms with Gasteiger partial charge in [0.25, 0.3) is 0 Å². The number of methoxy groups -OCH3 is 1. The van der Waals surface area contributed by atoms with Crippen LogP contribution >= 0.6 is 12.4 Å². The molecule has 20 heavy (non-hydrogen) atoms. The molecular formula is C15H29ClN2O2. The van der Waals surface area contributed by atoms with Crippen molar-refractivity contribution < 1.29 is 9.53 Å². The number of hydrogen-bond acceptors (Lipinski definition) is 3. The Hall–Kier alpha value is -0.320. The number of hydrogen-bond donors (Lipinski definition) is 1. The largest absolute Gasteiger partial charge is 0.385 e. The molecule has 1 aliphatic heterocycles. The SMILES string of the molecule is CNC1CCCN(C(=O)C2(CCOC)CCCC2)C1.Cl. The predicted octanol–water partition coefficient (Wildman–Crippen LogP) is 2.22. The summed E-state index contributed by atoms with van der Waals surface area (Å²) in [6, 6.07) is 0.471. The van der Waals surface area contributed by atoms with E-state index in [9.17, 15) is 4.79 Å². The molecule has 0 spiro atoms. The lowest BCUT2D eigenvalue weighted by Crippen LogP contribution is -2.51. The number of carbonyl (C=O) groups is 1. The van der Waals surface area contributed by atoms with Crippen LogP contribution in [0.4, 0.5) is 0 Å². The molecule has 1 amide bonds. The maximum atomic E-state index is 12.9. The third-order valence-electron chi connectivity index (χ3n) is 4.92. The third-order valence-corrected chi connectivity index (χ3v) is 4.92. The van der Waals surface area contributed by atoms with E-state index in [1.54, 1.807) is 7.11 Å². The number of nitrogens with one attached hydrogen (secondary N) is 1. The second-order valence-electron chi connectivity index (χ2n) is 6.11.